The van der Waals surface area contributed by atoms with E-state index in [4.69, 9.17) is 0 Å². The molecule has 6 nitrogen and oxygen atoms in total. The third-order valence-electron chi connectivity index (χ3n) is 10.8. The number of carbonyl (C=O) groups is 3. The summed E-state index contributed by atoms with van der Waals surface area (Å²) in [6.45, 7) is 20.2. The van der Waals surface area contributed by atoms with Gasteiger partial charge in [0.25, 0.3) is 0 Å². The van der Waals surface area contributed by atoms with Gasteiger partial charge in [-0.1, -0.05) is 65.2 Å². The number of fused-ring (bicyclic) bond motifs is 2. The molecule has 49 heavy (non-hydrogen) atoms. The minimum Gasteiger partial charge on any atom is -0.506 e. The number of allylic oxidation sites excluding steroid dienone is 11. The van der Waals surface area contributed by atoms with Gasteiger partial charge in [0.15, 0.2) is 28.8 Å². The van der Waals surface area contributed by atoms with Gasteiger partial charge in [-0.3, -0.25) is 14.4 Å². The van der Waals surface area contributed by atoms with Crippen LogP contribution >= 0.6 is 0 Å². The molecule has 0 heterocycles. The van der Waals surface area contributed by atoms with Crippen LogP contribution in [0.4, 0.5) is 0 Å². The van der Waals surface area contributed by atoms with Gasteiger partial charge in [0.2, 0.25) is 0 Å². The van der Waals surface area contributed by atoms with E-state index < -0.39 is 50.6 Å². The molecule has 0 unspecified atom stereocenters. The van der Waals surface area contributed by atoms with Gasteiger partial charge in [0, 0.05) is 5.56 Å². The van der Waals surface area contributed by atoms with Gasteiger partial charge in [0.1, 0.15) is 16.7 Å². The van der Waals surface area contributed by atoms with Crippen molar-refractivity contribution in [2.24, 2.45) is 22.2 Å². The van der Waals surface area contributed by atoms with E-state index in [1.54, 1.807) is 0 Å². The number of aromatic hydroxyl groups is 2. The molecule has 1 aromatic rings. The first-order valence-corrected chi connectivity index (χ1v) is 17.6. The van der Waals surface area contributed by atoms with Crippen LogP contribution in [-0.2, 0) is 14.4 Å². The number of hydrogen-bond acceptors (Lipinski definition) is 6. The van der Waals surface area contributed by atoms with E-state index in [2.05, 4.69) is 32.1 Å². The fraction of sp³-hybridized carbons (Fsp3) is 0.512. The van der Waals surface area contributed by atoms with Gasteiger partial charge >= 0.3 is 0 Å². The lowest BCUT2D eigenvalue weighted by Gasteiger charge is -2.61. The Labute approximate surface area is 294 Å². The summed E-state index contributed by atoms with van der Waals surface area (Å²) in [5, 5.41) is 32.1. The topological polar surface area (TPSA) is 112 Å². The van der Waals surface area contributed by atoms with Crippen LogP contribution < -0.4 is 0 Å². The van der Waals surface area contributed by atoms with Gasteiger partial charge in [-0.25, -0.2) is 0 Å². The third kappa shape index (κ3) is 7.95. The summed E-state index contributed by atoms with van der Waals surface area (Å²) >= 11 is 0. The minimum absolute atomic E-state index is 0.0210. The highest BCUT2D eigenvalue weighted by atomic mass is 16.3. The van der Waals surface area contributed by atoms with E-state index >= 15 is 9.59 Å². The zero-order chi connectivity index (χ0) is 36.9. The summed E-state index contributed by atoms with van der Waals surface area (Å²) in [6.07, 6.45) is 14.3. The number of ketones is 3. The summed E-state index contributed by atoms with van der Waals surface area (Å²) < 4.78 is 0. The Morgan fingerprint density at radius 1 is 0.755 bits per heavy atom. The predicted molar refractivity (Wildman–Crippen MR) is 199 cm³/mol. The largest absolute Gasteiger partial charge is 0.506 e. The highest BCUT2D eigenvalue weighted by molar-refractivity contribution is 6.41. The van der Waals surface area contributed by atoms with Gasteiger partial charge in [-0.15, -0.1) is 0 Å². The molecule has 2 saturated carbocycles. The van der Waals surface area contributed by atoms with Crippen molar-refractivity contribution in [1.82, 2.24) is 0 Å². The number of aliphatic hydroxyl groups is 1. The SMILES string of the molecule is CC(C)=CCC/C(C)=C/C[C@]12C[C@@H](CC=C(C)C)[C@](C)(CCC=C(C)C)[C@](CC=C(C)C)(C(=O)/C(=C(/O)c3ccc(O)c(O)c3)C1=O)C2=O. The summed E-state index contributed by atoms with van der Waals surface area (Å²) in [4.78, 5) is 45.8. The molecule has 2 bridgehead atoms. The monoisotopic (exact) mass is 670 g/mol. The van der Waals surface area contributed by atoms with Crippen molar-refractivity contribution in [3.63, 3.8) is 0 Å². The number of carbonyl (C=O) groups excluding carboxylic acids is 3. The van der Waals surface area contributed by atoms with Crippen LogP contribution in [0.3, 0.4) is 0 Å². The molecular formula is C43H58O6. The molecular weight excluding hydrogens is 612 g/mol. The summed E-state index contributed by atoms with van der Waals surface area (Å²) in [5.74, 6) is -3.32. The Kier molecular flexibility index (Phi) is 12.7. The molecule has 1 aromatic carbocycles. The normalized spacial score (nSPS) is 26.2. The molecule has 6 heteroatoms. The Morgan fingerprint density at radius 3 is 1.92 bits per heavy atom. The Balaban J connectivity index is 2.47. The number of rotatable bonds is 13. The summed E-state index contributed by atoms with van der Waals surface area (Å²) in [6, 6.07) is 3.70. The number of benzene rings is 1. The molecule has 0 amide bonds. The zero-order valence-corrected chi connectivity index (χ0v) is 31.4. The van der Waals surface area contributed by atoms with Crippen molar-refractivity contribution in [3.05, 3.63) is 87.6 Å². The van der Waals surface area contributed by atoms with Crippen LogP contribution in [0, 0.1) is 22.2 Å². The molecule has 0 saturated heterocycles. The van der Waals surface area contributed by atoms with Crippen molar-refractivity contribution in [3.8, 4) is 11.5 Å². The highest BCUT2D eigenvalue weighted by Gasteiger charge is 2.74. The van der Waals surface area contributed by atoms with E-state index in [-0.39, 0.29) is 36.5 Å². The van der Waals surface area contributed by atoms with Crippen molar-refractivity contribution < 1.29 is 29.7 Å². The Hall–Kier alpha value is -3.93. The van der Waals surface area contributed by atoms with Crippen molar-refractivity contribution in [2.45, 2.75) is 121 Å². The second-order valence-corrected chi connectivity index (χ2v) is 15.6. The summed E-state index contributed by atoms with van der Waals surface area (Å²) in [5.41, 5.74) is 1.06. The minimum atomic E-state index is -1.63. The van der Waals surface area contributed by atoms with Crippen LogP contribution in [0.15, 0.2) is 82.0 Å². The second-order valence-electron chi connectivity index (χ2n) is 15.6. The molecule has 0 radical (unpaired) electrons. The lowest BCUT2D eigenvalue weighted by atomic mass is 9.37. The molecule has 0 aliphatic heterocycles. The number of phenolic OH excluding ortho intramolecular Hbond substituents is 2. The Bertz CT molecular complexity index is 1650. The average Bonchev–Trinajstić information content (AvgIpc) is 3.00. The average molecular weight is 671 g/mol. The number of hydrogen-bond donors (Lipinski definition) is 3. The van der Waals surface area contributed by atoms with E-state index in [1.807, 2.05) is 67.5 Å². The van der Waals surface area contributed by atoms with E-state index in [1.165, 1.54) is 17.7 Å². The van der Waals surface area contributed by atoms with Crippen LogP contribution in [0.1, 0.15) is 126 Å². The third-order valence-corrected chi connectivity index (χ3v) is 10.8. The van der Waals surface area contributed by atoms with E-state index in [0.717, 1.165) is 41.2 Å². The molecule has 266 valence electrons. The van der Waals surface area contributed by atoms with Crippen LogP contribution in [-0.4, -0.2) is 32.7 Å². The fourth-order valence-corrected chi connectivity index (χ4v) is 7.78. The van der Waals surface area contributed by atoms with Gasteiger partial charge < -0.3 is 15.3 Å². The first-order valence-electron chi connectivity index (χ1n) is 17.6. The molecule has 0 spiro atoms. The second kappa shape index (κ2) is 15.7. The lowest BCUT2D eigenvalue weighted by molar-refractivity contribution is -0.178. The van der Waals surface area contributed by atoms with E-state index in [9.17, 15) is 20.1 Å². The Morgan fingerprint density at radius 2 is 1.35 bits per heavy atom. The highest BCUT2D eigenvalue weighted by Crippen LogP contribution is 2.67. The molecule has 3 N–H and O–H groups in total. The van der Waals surface area contributed by atoms with Gasteiger partial charge in [0.05, 0.1) is 5.41 Å². The predicted octanol–water partition coefficient (Wildman–Crippen LogP) is 10.6. The molecule has 2 fully saturated rings. The molecule has 3 rings (SSSR count). The maximum absolute atomic E-state index is 15.5. The van der Waals surface area contributed by atoms with Crippen molar-refractivity contribution in [2.75, 3.05) is 0 Å². The van der Waals surface area contributed by atoms with Crippen LogP contribution in [0.5, 0.6) is 11.5 Å². The van der Waals surface area contributed by atoms with Crippen molar-refractivity contribution in [1.29, 1.82) is 0 Å². The van der Waals surface area contributed by atoms with Crippen molar-refractivity contribution >= 4 is 23.1 Å². The number of Topliss-reactive ketones (excluding diaryl/α,β-unsaturated/α-hetero) is 3. The van der Waals surface area contributed by atoms with Gasteiger partial charge in [-0.2, -0.15) is 0 Å². The quantitative estimate of drug-likeness (QED) is 0.0481. The summed E-state index contributed by atoms with van der Waals surface area (Å²) in [7, 11) is 0. The lowest BCUT2D eigenvalue weighted by Crippen LogP contribution is -2.70. The molecule has 2 aliphatic carbocycles. The maximum Gasteiger partial charge on any atom is 0.184 e. The molecule has 0 aromatic heterocycles. The zero-order valence-electron chi connectivity index (χ0n) is 31.4. The van der Waals surface area contributed by atoms with Crippen LogP contribution in [0.2, 0.25) is 0 Å². The van der Waals surface area contributed by atoms with Gasteiger partial charge in [-0.05, 0) is 143 Å². The van der Waals surface area contributed by atoms with Crippen LogP contribution in [0.25, 0.3) is 5.76 Å². The number of aliphatic hydroxyl groups excluding tert-OH is 1. The molecule has 2 aliphatic rings. The van der Waals surface area contributed by atoms with E-state index in [0.29, 0.717) is 19.3 Å². The smallest absolute Gasteiger partial charge is 0.184 e. The number of phenols is 2. The standard InChI is InChI=1S/C43H58O6/c1-27(2)13-11-15-31(9)21-23-42-26-33(18-16-29(5)6)41(10,22-12-14-28(3)4)43(40(42)49,24-20-30(7)8)39(48)36(38(42)47)37(46)32-17-19-34(44)35(45)25-32/h13-14,16-17,19-21,25,33,44-46H,11-12,15,18,22-24,26H2,1-10H3/b31-21+,37-36+/t33-,41+,42+,43-/m1/s1. The maximum atomic E-state index is 15.5. The fourth-order valence-electron chi connectivity index (χ4n) is 7.78. The molecule has 4 atom stereocenters. The first kappa shape index (κ1) is 39.5. The first-order chi connectivity index (χ1) is 22.8.